The summed E-state index contributed by atoms with van der Waals surface area (Å²) in [6.07, 6.45) is 1.02. The summed E-state index contributed by atoms with van der Waals surface area (Å²) in [5.74, 6) is 1.74. The third-order valence-corrected chi connectivity index (χ3v) is 7.48. The molecule has 3 N–H and O–H groups in total. The van der Waals surface area contributed by atoms with E-state index in [1.165, 1.54) is 7.11 Å². The number of Topliss-reactive ketones (excluding diaryl/α,β-unsaturated/α-hetero) is 1. The molecule has 1 aliphatic heterocycles. The lowest BCUT2D eigenvalue weighted by molar-refractivity contribution is -0.116. The number of hydrogen-bond donors (Lipinski definition) is 3. The van der Waals surface area contributed by atoms with E-state index in [0.29, 0.717) is 46.7 Å². The van der Waals surface area contributed by atoms with Gasteiger partial charge in [-0.25, -0.2) is 0 Å². The van der Waals surface area contributed by atoms with Crippen LogP contribution in [0.2, 0.25) is 0 Å². The summed E-state index contributed by atoms with van der Waals surface area (Å²) >= 11 is 3.43. The van der Waals surface area contributed by atoms with Crippen molar-refractivity contribution in [1.29, 1.82) is 0 Å². The predicted molar refractivity (Wildman–Crippen MR) is 147 cm³/mol. The Morgan fingerprint density at radius 3 is 2.41 bits per heavy atom. The normalized spacial score (nSPS) is 18.6. The number of halogens is 1. The summed E-state index contributed by atoms with van der Waals surface area (Å²) in [6.45, 7) is 2.48. The highest BCUT2D eigenvalue weighted by molar-refractivity contribution is 9.10. The molecule has 7 nitrogen and oxygen atoms in total. The molecule has 0 amide bonds. The van der Waals surface area contributed by atoms with Gasteiger partial charge in [0, 0.05) is 17.7 Å². The first-order valence-corrected chi connectivity index (χ1v) is 13.0. The van der Waals surface area contributed by atoms with Crippen LogP contribution in [-0.4, -0.2) is 31.7 Å². The molecule has 5 rings (SSSR count). The first kappa shape index (κ1) is 25.0. The van der Waals surface area contributed by atoms with Crippen molar-refractivity contribution in [1.82, 2.24) is 0 Å². The van der Waals surface area contributed by atoms with E-state index >= 15 is 0 Å². The number of carbonyl (C=O) groups is 1. The number of anilines is 2. The van der Waals surface area contributed by atoms with Gasteiger partial charge in [-0.05, 0) is 82.7 Å². The van der Waals surface area contributed by atoms with Crippen LogP contribution in [0.4, 0.5) is 11.4 Å². The quantitative estimate of drug-likeness (QED) is 0.312. The lowest BCUT2D eigenvalue weighted by Gasteiger charge is -2.30. The second kappa shape index (κ2) is 10.4. The zero-order valence-corrected chi connectivity index (χ0v) is 22.5. The Bertz CT molecular complexity index is 1390. The van der Waals surface area contributed by atoms with Crippen LogP contribution in [-0.2, 0) is 4.79 Å². The third-order valence-electron chi connectivity index (χ3n) is 6.87. The number of aromatic hydroxyl groups is 1. The summed E-state index contributed by atoms with van der Waals surface area (Å²) in [4.78, 5) is 13.8. The maximum Gasteiger partial charge on any atom is 0.172 e. The van der Waals surface area contributed by atoms with Gasteiger partial charge in [-0.3, -0.25) is 4.79 Å². The van der Waals surface area contributed by atoms with Crippen molar-refractivity contribution in [3.8, 4) is 23.0 Å². The Labute approximate surface area is 224 Å². The van der Waals surface area contributed by atoms with Gasteiger partial charge >= 0.3 is 0 Å². The van der Waals surface area contributed by atoms with Gasteiger partial charge in [-0.2, -0.15) is 0 Å². The Morgan fingerprint density at radius 1 is 0.946 bits per heavy atom. The highest BCUT2D eigenvalue weighted by atomic mass is 79.9. The molecular weight excluding hydrogens is 536 g/mol. The molecule has 2 atom stereocenters. The molecule has 0 bridgehead atoms. The molecule has 8 heteroatoms. The number of phenolic OH excluding ortho intramolecular Hbond substituents is 1. The molecule has 0 spiro atoms. The molecule has 0 saturated carbocycles. The van der Waals surface area contributed by atoms with E-state index in [2.05, 4.69) is 26.6 Å². The van der Waals surface area contributed by atoms with Crippen molar-refractivity contribution in [3.63, 3.8) is 0 Å². The number of fused-ring (bicyclic) bond motifs is 1. The number of ketones is 1. The van der Waals surface area contributed by atoms with Gasteiger partial charge in [0.25, 0.3) is 0 Å². The number of carbonyl (C=O) groups excluding carboxylic acids is 1. The molecular formula is C29H29BrN2O5. The molecule has 0 radical (unpaired) electrons. The van der Waals surface area contributed by atoms with Gasteiger partial charge in [0.05, 0.1) is 42.7 Å². The van der Waals surface area contributed by atoms with Crippen molar-refractivity contribution in [3.05, 3.63) is 81.5 Å². The van der Waals surface area contributed by atoms with Crippen LogP contribution in [0.3, 0.4) is 0 Å². The van der Waals surface area contributed by atoms with Crippen molar-refractivity contribution in [2.24, 2.45) is 0 Å². The van der Waals surface area contributed by atoms with E-state index in [1.807, 2.05) is 55.5 Å². The van der Waals surface area contributed by atoms with Gasteiger partial charge in [-0.15, -0.1) is 0 Å². The molecule has 0 fully saturated rings. The summed E-state index contributed by atoms with van der Waals surface area (Å²) in [5.41, 5.74) is 5.18. The predicted octanol–water partition coefficient (Wildman–Crippen LogP) is 6.55. The fourth-order valence-electron chi connectivity index (χ4n) is 5.11. The first-order chi connectivity index (χ1) is 17.9. The molecule has 1 aliphatic carbocycles. The lowest BCUT2D eigenvalue weighted by atomic mass is 9.78. The maximum absolute atomic E-state index is 13.8. The minimum Gasteiger partial charge on any atom is -0.503 e. The molecule has 0 unspecified atom stereocenters. The number of hydrogen-bond acceptors (Lipinski definition) is 7. The fourth-order valence-corrected chi connectivity index (χ4v) is 5.57. The minimum absolute atomic E-state index is 0.0182. The maximum atomic E-state index is 13.8. The molecule has 2 aliphatic rings. The topological polar surface area (TPSA) is 89.1 Å². The monoisotopic (exact) mass is 564 g/mol. The van der Waals surface area contributed by atoms with Crippen molar-refractivity contribution >= 4 is 33.1 Å². The highest BCUT2D eigenvalue weighted by Gasteiger charge is 2.36. The Hall–Kier alpha value is -3.65. The van der Waals surface area contributed by atoms with Gasteiger partial charge in [0.2, 0.25) is 0 Å². The van der Waals surface area contributed by atoms with E-state index in [4.69, 9.17) is 14.2 Å². The summed E-state index contributed by atoms with van der Waals surface area (Å²) in [6, 6.07) is 17.0. The number of nitrogens with one attached hydrogen (secondary N) is 2. The van der Waals surface area contributed by atoms with Gasteiger partial charge in [0.1, 0.15) is 0 Å². The zero-order chi connectivity index (χ0) is 26.1. The third kappa shape index (κ3) is 4.73. The Balaban J connectivity index is 1.59. The summed E-state index contributed by atoms with van der Waals surface area (Å²) in [7, 11) is 3.13. The average molecular weight is 565 g/mol. The lowest BCUT2D eigenvalue weighted by Crippen LogP contribution is -2.27. The molecule has 3 aromatic rings. The van der Waals surface area contributed by atoms with E-state index in [1.54, 1.807) is 13.2 Å². The first-order valence-electron chi connectivity index (χ1n) is 12.2. The van der Waals surface area contributed by atoms with E-state index in [0.717, 1.165) is 28.2 Å². The van der Waals surface area contributed by atoms with E-state index in [9.17, 15) is 9.90 Å². The van der Waals surface area contributed by atoms with Crippen LogP contribution in [0.1, 0.15) is 42.9 Å². The standard InChI is InChI=1S/C29H29BrN2O5/c1-4-37-24-10-9-16(14-25(24)35-2)17-12-22-27(23(33)13-17)28(32-21-8-6-5-7-20(21)31-22)18-11-19(30)29(34)26(15-18)36-3/h5-11,14-15,17,28,31-32,34H,4,12-13H2,1-3H3/t17-,28-/m0/s1. The van der Waals surface area contributed by atoms with Gasteiger partial charge < -0.3 is 30.0 Å². The van der Waals surface area contributed by atoms with Crippen LogP contribution >= 0.6 is 15.9 Å². The zero-order valence-electron chi connectivity index (χ0n) is 20.9. The number of para-hydroxylation sites is 2. The Morgan fingerprint density at radius 2 is 1.68 bits per heavy atom. The van der Waals surface area contributed by atoms with Crippen LogP contribution in [0, 0.1) is 0 Å². The second-order valence-electron chi connectivity index (χ2n) is 9.07. The molecule has 1 heterocycles. The van der Waals surface area contributed by atoms with Crippen LogP contribution < -0.4 is 24.8 Å². The Kier molecular flexibility index (Phi) is 7.02. The number of benzene rings is 3. The number of ether oxygens (including phenoxy) is 3. The van der Waals surface area contributed by atoms with Crippen molar-refractivity contribution in [2.45, 2.75) is 31.7 Å². The fraction of sp³-hybridized carbons (Fsp3) is 0.276. The smallest absolute Gasteiger partial charge is 0.172 e. The second-order valence-corrected chi connectivity index (χ2v) is 9.92. The summed E-state index contributed by atoms with van der Waals surface area (Å²) in [5, 5.41) is 17.5. The SMILES string of the molecule is CCOc1ccc([C@@H]2CC(=O)C3=C(C2)Nc2ccccc2N[C@H]3c2cc(Br)c(O)c(OC)c2)cc1OC. The van der Waals surface area contributed by atoms with Crippen LogP contribution in [0.15, 0.2) is 70.3 Å². The van der Waals surface area contributed by atoms with Gasteiger partial charge in [-0.1, -0.05) is 18.2 Å². The van der Waals surface area contributed by atoms with Gasteiger partial charge in [0.15, 0.2) is 28.8 Å². The molecule has 0 saturated heterocycles. The molecule has 3 aromatic carbocycles. The summed E-state index contributed by atoms with van der Waals surface area (Å²) < 4.78 is 17.1. The highest BCUT2D eigenvalue weighted by Crippen LogP contribution is 2.47. The number of phenols is 1. The number of allylic oxidation sites excluding steroid dienone is 1. The number of rotatable bonds is 6. The van der Waals surface area contributed by atoms with Crippen molar-refractivity contribution in [2.75, 3.05) is 31.5 Å². The largest absolute Gasteiger partial charge is 0.503 e. The van der Waals surface area contributed by atoms with E-state index < -0.39 is 6.04 Å². The molecule has 0 aromatic heterocycles. The average Bonchev–Trinajstić information content (AvgIpc) is 3.07. The molecule has 192 valence electrons. The van der Waals surface area contributed by atoms with E-state index in [-0.39, 0.29) is 17.5 Å². The van der Waals surface area contributed by atoms with Crippen molar-refractivity contribution < 1.29 is 24.1 Å². The molecule has 37 heavy (non-hydrogen) atoms. The van der Waals surface area contributed by atoms with Crippen LogP contribution in [0.5, 0.6) is 23.0 Å². The number of methoxy groups -OCH3 is 2. The minimum atomic E-state index is -0.430. The van der Waals surface area contributed by atoms with Crippen LogP contribution in [0.25, 0.3) is 0 Å².